The third-order valence-electron chi connectivity index (χ3n) is 6.08. The summed E-state index contributed by atoms with van der Waals surface area (Å²) >= 11 is 3.06. The van der Waals surface area contributed by atoms with Crippen molar-refractivity contribution < 1.29 is 9.53 Å². The van der Waals surface area contributed by atoms with Gasteiger partial charge in [0.25, 0.3) is 5.91 Å². The first-order chi connectivity index (χ1) is 17.5. The van der Waals surface area contributed by atoms with E-state index in [1.54, 1.807) is 18.4 Å². The number of carbonyl (C=O) groups is 1. The van der Waals surface area contributed by atoms with E-state index in [2.05, 4.69) is 30.4 Å². The summed E-state index contributed by atoms with van der Waals surface area (Å²) in [6.07, 6.45) is 1.97. The smallest absolute Gasteiger partial charge is 0.267 e. The Morgan fingerprint density at radius 3 is 2.39 bits per heavy atom. The zero-order valence-electron chi connectivity index (χ0n) is 19.9. The van der Waals surface area contributed by atoms with Crippen molar-refractivity contribution in [3.63, 3.8) is 0 Å². The fourth-order valence-electron chi connectivity index (χ4n) is 4.10. The van der Waals surface area contributed by atoms with Crippen LogP contribution < -0.4 is 10.1 Å². The molecule has 0 aliphatic carbocycles. The average molecular weight is 511 g/mol. The van der Waals surface area contributed by atoms with Gasteiger partial charge in [0.2, 0.25) is 0 Å². The number of methoxy groups -OCH3 is 1. The summed E-state index contributed by atoms with van der Waals surface area (Å²) in [5, 5.41) is 3.99. The number of aryl methyl sites for hydroxylation is 2. The van der Waals surface area contributed by atoms with Crippen LogP contribution in [0.25, 0.3) is 37.0 Å². The molecule has 0 fully saturated rings. The predicted octanol–water partition coefficient (Wildman–Crippen LogP) is 7.22. The fourth-order valence-corrected chi connectivity index (χ4v) is 6.17. The number of carbonyl (C=O) groups excluding carboxylic acids is 1. The molecule has 6 aromatic rings. The second-order valence-electron chi connectivity index (χ2n) is 8.55. The number of thiazole rings is 2. The zero-order chi connectivity index (χ0) is 24.8. The molecule has 36 heavy (non-hydrogen) atoms. The van der Waals surface area contributed by atoms with Gasteiger partial charge in [-0.2, -0.15) is 0 Å². The SMILES string of the molecule is COc1ccc(-c2cn3c(C)c(C(=O)Nc4ccc(-c5nc6ccc(C)cc6s5)cc4)sc3n2)cc1. The summed E-state index contributed by atoms with van der Waals surface area (Å²) in [6, 6.07) is 21.9. The molecule has 8 heteroatoms. The van der Waals surface area contributed by atoms with E-state index in [9.17, 15) is 4.79 Å². The van der Waals surface area contributed by atoms with Gasteiger partial charge in [-0.25, -0.2) is 9.97 Å². The normalized spacial score (nSPS) is 11.3. The lowest BCUT2D eigenvalue weighted by Gasteiger charge is -2.05. The molecular formula is C28H22N4O2S2. The number of nitrogens with zero attached hydrogens (tertiary/aromatic N) is 3. The van der Waals surface area contributed by atoms with Crippen molar-refractivity contribution in [1.82, 2.24) is 14.4 Å². The molecule has 6 nitrogen and oxygen atoms in total. The van der Waals surface area contributed by atoms with Crippen LogP contribution in [0.15, 0.2) is 72.9 Å². The molecule has 0 saturated heterocycles. The first-order valence-corrected chi connectivity index (χ1v) is 13.0. The molecule has 0 saturated carbocycles. The van der Waals surface area contributed by atoms with Crippen LogP contribution in [0.5, 0.6) is 5.75 Å². The molecule has 3 heterocycles. The molecule has 1 N–H and O–H groups in total. The number of imidazole rings is 1. The maximum Gasteiger partial charge on any atom is 0.267 e. The quantitative estimate of drug-likeness (QED) is 0.266. The number of nitrogens with one attached hydrogen (secondary N) is 1. The average Bonchev–Trinajstić information content (AvgIpc) is 3.58. The van der Waals surface area contributed by atoms with E-state index in [-0.39, 0.29) is 5.91 Å². The van der Waals surface area contributed by atoms with E-state index in [1.807, 2.05) is 66.1 Å². The van der Waals surface area contributed by atoms with Crippen LogP contribution in [0.2, 0.25) is 0 Å². The number of aromatic nitrogens is 3. The van der Waals surface area contributed by atoms with Crippen LogP contribution >= 0.6 is 22.7 Å². The highest BCUT2D eigenvalue weighted by atomic mass is 32.1. The number of ether oxygens (including phenoxy) is 1. The Kier molecular flexibility index (Phi) is 5.55. The summed E-state index contributed by atoms with van der Waals surface area (Å²) in [6.45, 7) is 4.03. The minimum absolute atomic E-state index is 0.141. The van der Waals surface area contributed by atoms with E-state index >= 15 is 0 Å². The van der Waals surface area contributed by atoms with Gasteiger partial charge in [-0.1, -0.05) is 17.4 Å². The zero-order valence-corrected chi connectivity index (χ0v) is 21.5. The lowest BCUT2D eigenvalue weighted by molar-refractivity contribution is 0.102. The van der Waals surface area contributed by atoms with Gasteiger partial charge in [0, 0.05) is 28.7 Å². The molecule has 6 rings (SSSR count). The van der Waals surface area contributed by atoms with Crippen LogP contribution in [0, 0.1) is 13.8 Å². The summed E-state index contributed by atoms with van der Waals surface area (Å²) in [7, 11) is 1.65. The molecule has 0 unspecified atom stereocenters. The number of anilines is 1. The van der Waals surface area contributed by atoms with Crippen LogP contribution in [0.1, 0.15) is 20.9 Å². The molecular weight excluding hydrogens is 488 g/mol. The topological polar surface area (TPSA) is 68.5 Å². The van der Waals surface area contributed by atoms with Crippen molar-refractivity contribution in [1.29, 1.82) is 0 Å². The van der Waals surface area contributed by atoms with E-state index in [0.29, 0.717) is 4.88 Å². The molecule has 0 spiro atoms. The monoisotopic (exact) mass is 510 g/mol. The summed E-state index contributed by atoms with van der Waals surface area (Å²) < 4.78 is 8.38. The number of amides is 1. The molecule has 1 amide bonds. The molecule has 0 aliphatic heterocycles. The van der Waals surface area contributed by atoms with E-state index in [0.717, 1.165) is 49.4 Å². The summed E-state index contributed by atoms with van der Waals surface area (Å²) in [5.74, 6) is 0.662. The molecule has 0 aliphatic rings. The summed E-state index contributed by atoms with van der Waals surface area (Å²) in [4.78, 5) is 24.0. The maximum atomic E-state index is 13.1. The Morgan fingerprint density at radius 1 is 0.917 bits per heavy atom. The highest BCUT2D eigenvalue weighted by Gasteiger charge is 2.18. The van der Waals surface area contributed by atoms with Crippen molar-refractivity contribution in [3.05, 3.63) is 89.1 Å². The van der Waals surface area contributed by atoms with E-state index in [1.165, 1.54) is 21.6 Å². The van der Waals surface area contributed by atoms with Crippen LogP contribution in [-0.4, -0.2) is 27.4 Å². The van der Waals surface area contributed by atoms with Gasteiger partial charge in [-0.15, -0.1) is 11.3 Å². The molecule has 178 valence electrons. The number of hydrogen-bond donors (Lipinski definition) is 1. The van der Waals surface area contributed by atoms with Crippen LogP contribution in [0.4, 0.5) is 5.69 Å². The maximum absolute atomic E-state index is 13.1. The number of rotatable bonds is 5. The molecule has 0 radical (unpaired) electrons. The van der Waals surface area contributed by atoms with E-state index < -0.39 is 0 Å². The van der Waals surface area contributed by atoms with Crippen molar-refractivity contribution in [2.75, 3.05) is 12.4 Å². The lowest BCUT2D eigenvalue weighted by Crippen LogP contribution is -2.11. The Hall–Kier alpha value is -4.01. The molecule has 3 aromatic heterocycles. The van der Waals surface area contributed by atoms with Gasteiger partial charge in [0.15, 0.2) is 4.96 Å². The highest BCUT2D eigenvalue weighted by molar-refractivity contribution is 7.21. The Balaban J connectivity index is 1.20. The van der Waals surface area contributed by atoms with Gasteiger partial charge in [-0.05, 0) is 80.1 Å². The molecule has 0 atom stereocenters. The second kappa shape index (κ2) is 8.89. The van der Waals surface area contributed by atoms with Gasteiger partial charge < -0.3 is 10.1 Å². The summed E-state index contributed by atoms with van der Waals surface area (Å²) in [5.41, 5.74) is 6.73. The second-order valence-corrected chi connectivity index (χ2v) is 10.6. The number of fused-ring (bicyclic) bond motifs is 2. The Bertz CT molecular complexity index is 1730. The van der Waals surface area contributed by atoms with Gasteiger partial charge in [0.05, 0.1) is 23.0 Å². The van der Waals surface area contributed by atoms with Crippen molar-refractivity contribution >= 4 is 49.4 Å². The van der Waals surface area contributed by atoms with Crippen molar-refractivity contribution in [2.24, 2.45) is 0 Å². The Labute approximate surface area is 215 Å². The van der Waals surface area contributed by atoms with Crippen LogP contribution in [0.3, 0.4) is 0 Å². The van der Waals surface area contributed by atoms with E-state index in [4.69, 9.17) is 14.7 Å². The number of benzene rings is 3. The minimum Gasteiger partial charge on any atom is -0.497 e. The third kappa shape index (κ3) is 4.04. The van der Waals surface area contributed by atoms with Gasteiger partial charge in [0.1, 0.15) is 15.6 Å². The fraction of sp³-hybridized carbons (Fsp3) is 0.107. The van der Waals surface area contributed by atoms with Crippen LogP contribution in [-0.2, 0) is 0 Å². The third-order valence-corrected chi connectivity index (χ3v) is 8.31. The predicted molar refractivity (Wildman–Crippen MR) is 148 cm³/mol. The van der Waals surface area contributed by atoms with Crippen molar-refractivity contribution in [3.8, 4) is 27.6 Å². The lowest BCUT2D eigenvalue weighted by atomic mass is 10.2. The first-order valence-electron chi connectivity index (χ1n) is 11.4. The van der Waals surface area contributed by atoms with Crippen molar-refractivity contribution in [2.45, 2.75) is 13.8 Å². The largest absolute Gasteiger partial charge is 0.497 e. The standard InChI is InChI=1S/C28H22N4O2S2/c1-16-4-13-22-24(14-16)35-27(30-22)19-5-9-20(10-6-19)29-26(33)25-17(2)32-15-23(31-28(32)36-25)18-7-11-21(34-3)12-8-18/h4-15H,1-3H3,(H,29,33). The number of hydrogen-bond acceptors (Lipinski definition) is 6. The molecule has 0 bridgehead atoms. The Morgan fingerprint density at radius 2 is 1.67 bits per heavy atom. The first kappa shape index (κ1) is 22.5. The molecule has 3 aromatic carbocycles. The minimum atomic E-state index is -0.141. The highest BCUT2D eigenvalue weighted by Crippen LogP contribution is 2.32. The van der Waals surface area contributed by atoms with Gasteiger partial charge >= 0.3 is 0 Å². The van der Waals surface area contributed by atoms with Gasteiger partial charge in [-0.3, -0.25) is 9.20 Å².